The summed E-state index contributed by atoms with van der Waals surface area (Å²) >= 11 is 9.10. The van der Waals surface area contributed by atoms with Crippen molar-refractivity contribution in [3.8, 4) is 11.1 Å². The van der Waals surface area contributed by atoms with E-state index in [-0.39, 0.29) is 5.56 Å². The second-order valence-corrected chi connectivity index (χ2v) is 8.48. The topological polar surface area (TPSA) is 84.7 Å². The Labute approximate surface area is 167 Å². The van der Waals surface area contributed by atoms with Crippen molar-refractivity contribution >= 4 is 44.9 Å². The van der Waals surface area contributed by atoms with Crippen molar-refractivity contribution in [2.24, 2.45) is 0 Å². The van der Waals surface area contributed by atoms with Crippen LogP contribution in [0, 0.1) is 0 Å². The van der Waals surface area contributed by atoms with Crippen molar-refractivity contribution in [1.82, 2.24) is 20.2 Å². The fourth-order valence-electron chi connectivity index (χ4n) is 2.84. The summed E-state index contributed by atoms with van der Waals surface area (Å²) in [6, 6.07) is 7.48. The lowest BCUT2D eigenvalue weighted by Crippen LogP contribution is -2.10. The van der Waals surface area contributed by atoms with Crippen LogP contribution in [0.1, 0.15) is 30.5 Å². The monoisotopic (exact) mass is 416 g/mol. The van der Waals surface area contributed by atoms with Gasteiger partial charge in [0.2, 0.25) is 5.89 Å². The van der Waals surface area contributed by atoms with Gasteiger partial charge in [0, 0.05) is 27.4 Å². The van der Waals surface area contributed by atoms with Crippen LogP contribution in [-0.2, 0) is 5.75 Å². The fraction of sp³-hybridized carbons (Fsp3) is 0.222. The first-order valence-electron chi connectivity index (χ1n) is 8.40. The molecule has 3 aromatic heterocycles. The minimum Gasteiger partial charge on any atom is -0.416 e. The molecule has 0 spiro atoms. The number of nitrogens with one attached hydrogen (secondary N) is 1. The molecule has 1 aliphatic carbocycles. The predicted molar refractivity (Wildman–Crippen MR) is 107 cm³/mol. The summed E-state index contributed by atoms with van der Waals surface area (Å²) in [7, 11) is 0. The van der Waals surface area contributed by atoms with Gasteiger partial charge in [0.1, 0.15) is 10.7 Å². The standard InChI is InChI=1S/C18H13ClN4O2S2/c19-12-4-2-1-3-10(12)11-7-26-17-14(11)15(24)20-13(21-17)8-27-18-23-22-16(25-18)9-5-6-9/h1-4,7,9H,5-6,8H2,(H,20,21,24). The van der Waals surface area contributed by atoms with E-state index in [2.05, 4.69) is 20.2 Å². The Morgan fingerprint density at radius 1 is 1.26 bits per heavy atom. The van der Waals surface area contributed by atoms with Gasteiger partial charge < -0.3 is 9.40 Å². The summed E-state index contributed by atoms with van der Waals surface area (Å²) in [5, 5.41) is 11.7. The average molecular weight is 417 g/mol. The Balaban J connectivity index is 1.43. The average Bonchev–Trinajstić information content (AvgIpc) is 3.25. The zero-order chi connectivity index (χ0) is 18.4. The van der Waals surface area contributed by atoms with Crippen LogP contribution in [0.2, 0.25) is 5.02 Å². The lowest BCUT2D eigenvalue weighted by molar-refractivity contribution is 0.414. The first-order valence-corrected chi connectivity index (χ1v) is 10.6. The van der Waals surface area contributed by atoms with E-state index in [4.69, 9.17) is 16.0 Å². The minimum atomic E-state index is -0.170. The highest BCUT2D eigenvalue weighted by Gasteiger charge is 2.29. The second-order valence-electron chi connectivity index (χ2n) is 6.29. The molecular weight excluding hydrogens is 404 g/mol. The fourth-order valence-corrected chi connectivity index (χ4v) is 4.68. The molecule has 0 saturated heterocycles. The number of thiophene rings is 1. The van der Waals surface area contributed by atoms with Crippen molar-refractivity contribution in [2.45, 2.75) is 29.7 Å². The third kappa shape index (κ3) is 3.28. The Bertz CT molecular complexity index is 1200. The molecule has 27 heavy (non-hydrogen) atoms. The van der Waals surface area contributed by atoms with Crippen molar-refractivity contribution in [1.29, 1.82) is 0 Å². The SMILES string of the molecule is O=c1[nH]c(CSc2nnc(C3CC3)o2)nc2scc(-c3ccccc3Cl)c12. The van der Waals surface area contributed by atoms with Crippen LogP contribution in [0.5, 0.6) is 0 Å². The smallest absolute Gasteiger partial charge is 0.277 e. The third-order valence-corrected chi connectivity index (χ3v) is 6.37. The molecule has 0 atom stereocenters. The van der Waals surface area contributed by atoms with E-state index >= 15 is 0 Å². The van der Waals surface area contributed by atoms with Crippen LogP contribution in [0.15, 0.2) is 44.1 Å². The first-order chi connectivity index (χ1) is 13.2. The van der Waals surface area contributed by atoms with Gasteiger partial charge in [0.05, 0.1) is 11.1 Å². The number of H-pyrrole nitrogens is 1. The number of nitrogens with zero attached hydrogens (tertiary/aromatic N) is 3. The molecule has 136 valence electrons. The zero-order valence-electron chi connectivity index (χ0n) is 13.9. The molecule has 6 nitrogen and oxygen atoms in total. The van der Waals surface area contributed by atoms with Gasteiger partial charge in [-0.05, 0) is 18.9 Å². The maximum absolute atomic E-state index is 12.7. The molecule has 1 aromatic carbocycles. The predicted octanol–water partition coefficient (Wildman–Crippen LogP) is 4.86. The zero-order valence-corrected chi connectivity index (χ0v) is 16.3. The molecule has 0 amide bonds. The Morgan fingerprint density at radius 2 is 2.11 bits per heavy atom. The van der Waals surface area contributed by atoms with Gasteiger partial charge >= 0.3 is 0 Å². The molecule has 4 aromatic rings. The van der Waals surface area contributed by atoms with Gasteiger partial charge in [-0.15, -0.1) is 21.5 Å². The first kappa shape index (κ1) is 17.0. The van der Waals surface area contributed by atoms with Gasteiger partial charge in [-0.2, -0.15) is 0 Å². The second kappa shape index (κ2) is 6.78. The molecule has 9 heteroatoms. The van der Waals surface area contributed by atoms with E-state index in [0.717, 1.165) is 24.0 Å². The summed E-state index contributed by atoms with van der Waals surface area (Å²) < 4.78 is 5.63. The summed E-state index contributed by atoms with van der Waals surface area (Å²) in [6.07, 6.45) is 2.23. The number of benzene rings is 1. The number of aromatic nitrogens is 4. The molecule has 0 bridgehead atoms. The van der Waals surface area contributed by atoms with Gasteiger partial charge in [-0.3, -0.25) is 4.79 Å². The maximum atomic E-state index is 12.7. The van der Waals surface area contributed by atoms with E-state index in [1.54, 1.807) is 0 Å². The number of rotatable bonds is 5. The van der Waals surface area contributed by atoms with Crippen molar-refractivity contribution in [3.63, 3.8) is 0 Å². The Morgan fingerprint density at radius 3 is 2.93 bits per heavy atom. The highest BCUT2D eigenvalue weighted by molar-refractivity contribution is 7.98. The third-order valence-electron chi connectivity index (χ3n) is 4.34. The van der Waals surface area contributed by atoms with Crippen molar-refractivity contribution in [3.05, 3.63) is 56.7 Å². The number of thioether (sulfide) groups is 1. The highest BCUT2D eigenvalue weighted by Crippen LogP contribution is 2.40. The van der Waals surface area contributed by atoms with E-state index in [9.17, 15) is 4.79 Å². The van der Waals surface area contributed by atoms with Crippen molar-refractivity contribution < 1.29 is 4.42 Å². The number of aromatic amines is 1. The molecule has 1 saturated carbocycles. The van der Waals surface area contributed by atoms with Crippen LogP contribution in [0.25, 0.3) is 21.3 Å². The van der Waals surface area contributed by atoms with Gasteiger partial charge in [-0.25, -0.2) is 4.98 Å². The summed E-state index contributed by atoms with van der Waals surface area (Å²) in [5.41, 5.74) is 1.47. The molecule has 1 fully saturated rings. The molecule has 1 aliphatic rings. The van der Waals surface area contributed by atoms with Gasteiger partial charge in [0.15, 0.2) is 0 Å². The number of fused-ring (bicyclic) bond motifs is 1. The minimum absolute atomic E-state index is 0.170. The largest absolute Gasteiger partial charge is 0.416 e. The molecule has 3 heterocycles. The lowest BCUT2D eigenvalue weighted by atomic mass is 10.1. The Hall–Kier alpha value is -2.16. The van der Waals surface area contributed by atoms with Gasteiger partial charge in [0.25, 0.3) is 10.8 Å². The normalized spacial score (nSPS) is 14.1. The maximum Gasteiger partial charge on any atom is 0.277 e. The number of hydrogen-bond donors (Lipinski definition) is 1. The Kier molecular flexibility index (Phi) is 4.26. The summed E-state index contributed by atoms with van der Waals surface area (Å²) in [4.78, 5) is 20.8. The molecule has 0 radical (unpaired) electrons. The van der Waals surface area contributed by atoms with Gasteiger partial charge in [-0.1, -0.05) is 41.6 Å². The van der Waals surface area contributed by atoms with E-state index in [1.807, 2.05) is 29.6 Å². The molecule has 0 aliphatic heterocycles. The van der Waals surface area contributed by atoms with Crippen LogP contribution in [0.3, 0.4) is 0 Å². The van der Waals surface area contributed by atoms with Crippen LogP contribution >= 0.6 is 34.7 Å². The highest BCUT2D eigenvalue weighted by atomic mass is 35.5. The van der Waals surface area contributed by atoms with E-state index in [0.29, 0.717) is 43.8 Å². The van der Waals surface area contributed by atoms with Crippen LogP contribution in [0.4, 0.5) is 0 Å². The number of halogens is 1. The molecule has 0 unspecified atom stereocenters. The summed E-state index contributed by atoms with van der Waals surface area (Å²) in [5.74, 6) is 2.17. The lowest BCUT2D eigenvalue weighted by Gasteiger charge is -2.03. The van der Waals surface area contributed by atoms with Crippen LogP contribution in [-0.4, -0.2) is 20.2 Å². The number of hydrogen-bond acceptors (Lipinski definition) is 7. The van der Waals surface area contributed by atoms with Crippen LogP contribution < -0.4 is 5.56 Å². The van der Waals surface area contributed by atoms with E-state index < -0.39 is 0 Å². The quantitative estimate of drug-likeness (QED) is 0.468. The molecular formula is C18H13ClN4O2S2. The van der Waals surface area contributed by atoms with Crippen molar-refractivity contribution in [2.75, 3.05) is 0 Å². The summed E-state index contributed by atoms with van der Waals surface area (Å²) in [6.45, 7) is 0. The molecule has 1 N–H and O–H groups in total. The van der Waals surface area contributed by atoms with E-state index in [1.165, 1.54) is 23.1 Å². The molecule has 5 rings (SSSR count).